The summed E-state index contributed by atoms with van der Waals surface area (Å²) < 4.78 is 0. The fraction of sp³-hybridized carbons (Fsp3) is 0.909. The summed E-state index contributed by atoms with van der Waals surface area (Å²) in [6.07, 6.45) is 6.35. The van der Waals surface area contributed by atoms with Gasteiger partial charge in [-0.2, -0.15) is 0 Å². The Bertz CT molecular complexity index is 183. The minimum absolute atomic E-state index is 0.653. The van der Waals surface area contributed by atoms with Crippen LogP contribution in [0.15, 0.2) is 4.99 Å². The molecule has 2 N–H and O–H groups in total. The van der Waals surface area contributed by atoms with Crippen LogP contribution in [-0.2, 0) is 0 Å². The van der Waals surface area contributed by atoms with Crippen molar-refractivity contribution in [2.75, 3.05) is 13.1 Å². The van der Waals surface area contributed by atoms with E-state index in [1.165, 1.54) is 25.7 Å². The number of nitrogens with two attached hydrogens (primary N) is 1. The first-order valence-electron chi connectivity index (χ1n) is 5.86. The SMILES string of the molecule is CCCN=C(N)N(CC)C1CCCC1. The van der Waals surface area contributed by atoms with E-state index in [1.807, 2.05) is 0 Å². The van der Waals surface area contributed by atoms with Gasteiger partial charge in [0.05, 0.1) is 0 Å². The number of hydrogen-bond acceptors (Lipinski definition) is 1. The molecule has 14 heavy (non-hydrogen) atoms. The van der Waals surface area contributed by atoms with E-state index in [1.54, 1.807) is 0 Å². The van der Waals surface area contributed by atoms with E-state index < -0.39 is 0 Å². The molecule has 0 aromatic carbocycles. The van der Waals surface area contributed by atoms with Gasteiger partial charge in [-0.1, -0.05) is 19.8 Å². The van der Waals surface area contributed by atoms with Crippen molar-refractivity contribution in [2.24, 2.45) is 10.7 Å². The molecule has 82 valence electrons. The zero-order valence-electron chi connectivity index (χ0n) is 9.50. The predicted octanol–water partition coefficient (Wildman–Crippen LogP) is 1.98. The molecule has 3 heteroatoms. The molecule has 0 radical (unpaired) electrons. The zero-order chi connectivity index (χ0) is 10.4. The molecule has 1 aliphatic carbocycles. The molecule has 0 unspecified atom stereocenters. The minimum atomic E-state index is 0.653. The monoisotopic (exact) mass is 197 g/mol. The largest absolute Gasteiger partial charge is 0.370 e. The lowest BCUT2D eigenvalue weighted by Gasteiger charge is -2.28. The lowest BCUT2D eigenvalue weighted by atomic mass is 10.2. The third kappa shape index (κ3) is 2.89. The van der Waals surface area contributed by atoms with Crippen molar-refractivity contribution in [1.82, 2.24) is 4.90 Å². The van der Waals surface area contributed by atoms with E-state index in [0.717, 1.165) is 25.5 Å². The highest BCUT2D eigenvalue weighted by molar-refractivity contribution is 5.78. The lowest BCUT2D eigenvalue weighted by Crippen LogP contribution is -2.43. The molecule has 1 saturated carbocycles. The molecule has 0 aromatic heterocycles. The van der Waals surface area contributed by atoms with Crippen LogP contribution in [0.1, 0.15) is 46.0 Å². The van der Waals surface area contributed by atoms with Crippen LogP contribution in [0.4, 0.5) is 0 Å². The smallest absolute Gasteiger partial charge is 0.191 e. The molecule has 1 rings (SSSR count). The van der Waals surface area contributed by atoms with Crippen molar-refractivity contribution in [3.05, 3.63) is 0 Å². The summed E-state index contributed by atoms with van der Waals surface area (Å²) in [5, 5.41) is 0. The molecule has 0 atom stereocenters. The van der Waals surface area contributed by atoms with Gasteiger partial charge in [0.2, 0.25) is 0 Å². The molecule has 3 nitrogen and oxygen atoms in total. The number of aliphatic imine (C=N–C) groups is 1. The second-order valence-corrected chi connectivity index (χ2v) is 3.96. The van der Waals surface area contributed by atoms with Gasteiger partial charge in [-0.05, 0) is 26.2 Å². The summed E-state index contributed by atoms with van der Waals surface area (Å²) in [4.78, 5) is 6.65. The Morgan fingerprint density at radius 1 is 1.36 bits per heavy atom. The number of nitrogens with zero attached hydrogens (tertiary/aromatic N) is 2. The first-order chi connectivity index (χ1) is 6.79. The molecule has 0 aromatic rings. The van der Waals surface area contributed by atoms with Crippen molar-refractivity contribution >= 4 is 5.96 Å². The standard InChI is InChI=1S/C11H23N3/c1-3-9-13-11(12)14(4-2)10-7-5-6-8-10/h10H,3-9H2,1-2H3,(H2,12,13). The third-order valence-corrected chi connectivity index (χ3v) is 2.90. The summed E-state index contributed by atoms with van der Waals surface area (Å²) in [5.41, 5.74) is 5.97. The molecule has 0 amide bonds. The Morgan fingerprint density at radius 2 is 2.00 bits per heavy atom. The fourth-order valence-corrected chi connectivity index (χ4v) is 2.14. The highest BCUT2D eigenvalue weighted by Gasteiger charge is 2.22. The maximum atomic E-state index is 5.97. The first kappa shape index (κ1) is 11.3. The van der Waals surface area contributed by atoms with Gasteiger partial charge in [0, 0.05) is 19.1 Å². The molecule has 0 bridgehead atoms. The Labute approximate surface area is 87.4 Å². The first-order valence-corrected chi connectivity index (χ1v) is 5.86. The Hall–Kier alpha value is -0.730. The number of guanidine groups is 1. The molecule has 1 fully saturated rings. The van der Waals surface area contributed by atoms with E-state index >= 15 is 0 Å². The van der Waals surface area contributed by atoms with E-state index in [9.17, 15) is 0 Å². The molecule has 1 aliphatic rings. The predicted molar refractivity (Wildman–Crippen MR) is 61.4 cm³/mol. The maximum absolute atomic E-state index is 5.97. The topological polar surface area (TPSA) is 41.6 Å². The van der Waals surface area contributed by atoms with Crippen LogP contribution in [0.3, 0.4) is 0 Å². The molecule has 0 spiro atoms. The minimum Gasteiger partial charge on any atom is -0.370 e. The van der Waals surface area contributed by atoms with Gasteiger partial charge in [-0.25, -0.2) is 0 Å². The van der Waals surface area contributed by atoms with Gasteiger partial charge in [0.25, 0.3) is 0 Å². The quantitative estimate of drug-likeness (QED) is 0.553. The summed E-state index contributed by atoms with van der Waals surface area (Å²) >= 11 is 0. The Morgan fingerprint density at radius 3 is 2.50 bits per heavy atom. The highest BCUT2D eigenvalue weighted by atomic mass is 15.3. The van der Waals surface area contributed by atoms with Gasteiger partial charge in [-0.15, -0.1) is 0 Å². The van der Waals surface area contributed by atoms with Gasteiger partial charge in [0.1, 0.15) is 0 Å². The molecule has 0 saturated heterocycles. The summed E-state index contributed by atoms with van der Waals surface area (Å²) in [7, 11) is 0. The molecular formula is C11H23N3. The van der Waals surface area contributed by atoms with Crippen molar-refractivity contribution < 1.29 is 0 Å². The third-order valence-electron chi connectivity index (χ3n) is 2.90. The summed E-state index contributed by atoms with van der Waals surface area (Å²) in [6.45, 7) is 6.13. The van der Waals surface area contributed by atoms with E-state index in [-0.39, 0.29) is 0 Å². The van der Waals surface area contributed by atoms with Crippen molar-refractivity contribution in [2.45, 2.75) is 52.0 Å². The highest BCUT2D eigenvalue weighted by Crippen LogP contribution is 2.22. The Balaban J connectivity index is 2.50. The van der Waals surface area contributed by atoms with Crippen molar-refractivity contribution in [3.63, 3.8) is 0 Å². The number of rotatable bonds is 4. The summed E-state index contributed by atoms with van der Waals surface area (Å²) in [6, 6.07) is 0.653. The van der Waals surface area contributed by atoms with Crippen LogP contribution in [-0.4, -0.2) is 30.0 Å². The van der Waals surface area contributed by atoms with Crippen LogP contribution in [0, 0.1) is 0 Å². The molecule has 0 aliphatic heterocycles. The van der Waals surface area contributed by atoms with E-state index in [4.69, 9.17) is 5.73 Å². The maximum Gasteiger partial charge on any atom is 0.191 e. The van der Waals surface area contributed by atoms with Crippen LogP contribution < -0.4 is 5.73 Å². The average Bonchev–Trinajstić information content (AvgIpc) is 2.69. The van der Waals surface area contributed by atoms with Crippen molar-refractivity contribution in [3.8, 4) is 0 Å². The lowest BCUT2D eigenvalue weighted by molar-refractivity contribution is 0.324. The van der Waals surface area contributed by atoms with Crippen LogP contribution in [0.25, 0.3) is 0 Å². The normalized spacial score (nSPS) is 18.9. The van der Waals surface area contributed by atoms with Crippen LogP contribution >= 0.6 is 0 Å². The Kier molecular flexibility index (Phi) is 4.77. The second kappa shape index (κ2) is 5.89. The second-order valence-electron chi connectivity index (χ2n) is 3.96. The van der Waals surface area contributed by atoms with Gasteiger partial charge in [0.15, 0.2) is 5.96 Å². The molecular weight excluding hydrogens is 174 g/mol. The summed E-state index contributed by atoms with van der Waals surface area (Å²) in [5.74, 6) is 0.751. The number of hydrogen-bond donors (Lipinski definition) is 1. The van der Waals surface area contributed by atoms with Crippen LogP contribution in [0.5, 0.6) is 0 Å². The van der Waals surface area contributed by atoms with Gasteiger partial charge in [-0.3, -0.25) is 4.99 Å². The van der Waals surface area contributed by atoms with E-state index in [2.05, 4.69) is 23.7 Å². The zero-order valence-corrected chi connectivity index (χ0v) is 9.50. The van der Waals surface area contributed by atoms with Gasteiger partial charge >= 0.3 is 0 Å². The van der Waals surface area contributed by atoms with Crippen molar-refractivity contribution in [1.29, 1.82) is 0 Å². The molecule has 0 heterocycles. The van der Waals surface area contributed by atoms with Gasteiger partial charge < -0.3 is 10.6 Å². The average molecular weight is 197 g/mol. The van der Waals surface area contributed by atoms with E-state index in [0.29, 0.717) is 6.04 Å². The van der Waals surface area contributed by atoms with Crippen LogP contribution in [0.2, 0.25) is 0 Å². The fourth-order valence-electron chi connectivity index (χ4n) is 2.14.